The SMILES string of the molecule is CB(I)C(C)C(C)(C)F. The molecule has 0 rings (SSSR count). The van der Waals surface area contributed by atoms with Gasteiger partial charge in [0, 0.05) is 0 Å². The van der Waals surface area contributed by atoms with E-state index < -0.39 is 5.67 Å². The number of halogens is 2. The van der Waals surface area contributed by atoms with Crippen LogP contribution in [-0.2, 0) is 0 Å². The van der Waals surface area contributed by atoms with Gasteiger partial charge in [-0.2, -0.15) is 0 Å². The molecular formula is C6H13BFI. The molecule has 0 bridgehead atoms. The molecule has 54 valence electrons. The van der Waals surface area contributed by atoms with Crippen molar-refractivity contribution in [3.63, 3.8) is 0 Å². The standard InChI is InChI=1S/C6H13BFI/c1-5(7(4)9)6(2,3)8/h5H,1-4H3. The molecule has 0 radical (unpaired) electrons. The summed E-state index contributed by atoms with van der Waals surface area (Å²) in [4.78, 5) is 0. The van der Waals surface area contributed by atoms with Crippen LogP contribution in [0.5, 0.6) is 0 Å². The van der Waals surface area contributed by atoms with Crippen LogP contribution in [-0.4, -0.2) is 10.2 Å². The maximum atomic E-state index is 13.0. The molecule has 3 heteroatoms. The lowest BCUT2D eigenvalue weighted by Crippen LogP contribution is -2.25. The van der Waals surface area contributed by atoms with Gasteiger partial charge in [0.25, 0.3) is 0 Å². The van der Waals surface area contributed by atoms with E-state index in [0.29, 0.717) is 4.57 Å². The lowest BCUT2D eigenvalue weighted by molar-refractivity contribution is 0.209. The predicted octanol–water partition coefficient (Wildman–Crippen LogP) is 3.18. The van der Waals surface area contributed by atoms with Crippen molar-refractivity contribution in [1.82, 2.24) is 0 Å². The Hall–Kier alpha value is 0.725. The summed E-state index contributed by atoms with van der Waals surface area (Å²) < 4.78 is 13.4. The second-order valence-electron chi connectivity index (χ2n) is 3.03. The molecule has 0 aliphatic rings. The first-order chi connectivity index (χ1) is 3.85. The van der Waals surface area contributed by atoms with E-state index in [-0.39, 0.29) is 5.82 Å². The number of hydrogen-bond acceptors (Lipinski definition) is 0. The van der Waals surface area contributed by atoms with E-state index in [0.717, 1.165) is 0 Å². The van der Waals surface area contributed by atoms with Crippen LogP contribution >= 0.6 is 22.4 Å². The van der Waals surface area contributed by atoms with E-state index in [9.17, 15) is 4.39 Å². The lowest BCUT2D eigenvalue weighted by Gasteiger charge is -2.23. The minimum absolute atomic E-state index is 0.137. The van der Waals surface area contributed by atoms with Crippen LogP contribution in [0.3, 0.4) is 0 Å². The summed E-state index contributed by atoms with van der Waals surface area (Å²) in [7, 11) is 0. The second kappa shape index (κ2) is 3.22. The maximum absolute atomic E-state index is 13.0. The normalized spacial score (nSPS) is 15.3. The topological polar surface area (TPSA) is 0 Å². The Morgan fingerprint density at radius 1 is 1.56 bits per heavy atom. The highest BCUT2D eigenvalue weighted by Gasteiger charge is 2.29. The van der Waals surface area contributed by atoms with E-state index in [2.05, 4.69) is 22.4 Å². The average Bonchev–Trinajstić information content (AvgIpc) is 1.62. The zero-order valence-electron chi connectivity index (χ0n) is 6.41. The average molecular weight is 242 g/mol. The molecular weight excluding hydrogens is 229 g/mol. The van der Waals surface area contributed by atoms with Crippen molar-refractivity contribution in [3.8, 4) is 0 Å². The van der Waals surface area contributed by atoms with Crippen LogP contribution in [0.1, 0.15) is 20.8 Å². The predicted molar refractivity (Wildman–Crippen MR) is 50.2 cm³/mol. The molecule has 9 heavy (non-hydrogen) atoms. The highest BCUT2D eigenvalue weighted by Crippen LogP contribution is 2.31. The van der Waals surface area contributed by atoms with Crippen LogP contribution in [0.4, 0.5) is 4.39 Å². The summed E-state index contributed by atoms with van der Waals surface area (Å²) in [6, 6.07) is 0. The monoisotopic (exact) mass is 242 g/mol. The summed E-state index contributed by atoms with van der Waals surface area (Å²) in [5.41, 5.74) is -1.03. The Morgan fingerprint density at radius 3 is 1.89 bits per heavy atom. The molecule has 0 N–H and O–H groups in total. The maximum Gasteiger partial charge on any atom is 0.220 e. The van der Waals surface area contributed by atoms with Gasteiger partial charge in [-0.3, -0.25) is 0 Å². The molecule has 0 saturated heterocycles. The van der Waals surface area contributed by atoms with Crippen molar-refractivity contribution < 1.29 is 4.39 Å². The van der Waals surface area contributed by atoms with Crippen LogP contribution in [0.25, 0.3) is 0 Å². The van der Waals surface area contributed by atoms with E-state index in [1.165, 1.54) is 0 Å². The molecule has 0 amide bonds. The Morgan fingerprint density at radius 2 is 1.89 bits per heavy atom. The number of hydrogen-bond donors (Lipinski definition) is 0. The van der Waals surface area contributed by atoms with Crippen molar-refractivity contribution in [2.45, 2.75) is 39.1 Å². The summed E-state index contributed by atoms with van der Waals surface area (Å²) in [5, 5.41) is 0. The molecule has 0 aliphatic heterocycles. The fraction of sp³-hybridized carbons (Fsp3) is 1.00. The molecule has 1 atom stereocenters. The Balaban J connectivity index is 3.88. The van der Waals surface area contributed by atoms with Crippen molar-refractivity contribution in [1.29, 1.82) is 0 Å². The molecule has 0 aromatic rings. The van der Waals surface area contributed by atoms with Gasteiger partial charge in [-0.05, 0) is 19.7 Å². The second-order valence-corrected chi connectivity index (χ2v) is 5.00. The van der Waals surface area contributed by atoms with Gasteiger partial charge in [0.05, 0.1) is 0 Å². The van der Waals surface area contributed by atoms with Crippen molar-refractivity contribution >= 4 is 26.9 Å². The smallest absolute Gasteiger partial charge is 0.220 e. The number of rotatable bonds is 2. The molecule has 0 fully saturated rings. The Labute approximate surface area is 70.5 Å². The molecule has 0 saturated carbocycles. The van der Waals surface area contributed by atoms with Gasteiger partial charge < -0.3 is 0 Å². The van der Waals surface area contributed by atoms with Gasteiger partial charge in [-0.15, -0.1) is 22.4 Å². The molecule has 0 aromatic carbocycles. The molecule has 0 aromatic heterocycles. The van der Waals surface area contributed by atoms with Gasteiger partial charge in [0.2, 0.25) is 4.57 Å². The van der Waals surface area contributed by atoms with E-state index in [1.54, 1.807) is 13.8 Å². The highest BCUT2D eigenvalue weighted by molar-refractivity contribution is 14.1. The van der Waals surface area contributed by atoms with Crippen molar-refractivity contribution in [2.24, 2.45) is 0 Å². The Bertz CT molecular complexity index is 87.5. The first-order valence-corrected chi connectivity index (χ1v) is 4.43. The fourth-order valence-corrected chi connectivity index (χ4v) is 1.40. The summed E-state index contributed by atoms with van der Waals surface area (Å²) >= 11 is 2.25. The van der Waals surface area contributed by atoms with E-state index >= 15 is 0 Å². The van der Waals surface area contributed by atoms with Crippen molar-refractivity contribution in [2.75, 3.05) is 0 Å². The fourth-order valence-electron chi connectivity index (χ4n) is 0.546. The minimum atomic E-state index is -1.03. The van der Waals surface area contributed by atoms with Crippen LogP contribution in [0, 0.1) is 0 Å². The minimum Gasteiger partial charge on any atom is -0.245 e. The van der Waals surface area contributed by atoms with Gasteiger partial charge >= 0.3 is 0 Å². The molecule has 0 nitrogen and oxygen atoms in total. The van der Waals surface area contributed by atoms with Crippen LogP contribution < -0.4 is 0 Å². The van der Waals surface area contributed by atoms with Gasteiger partial charge in [0.15, 0.2) is 0 Å². The largest absolute Gasteiger partial charge is 0.245 e. The van der Waals surface area contributed by atoms with Crippen molar-refractivity contribution in [3.05, 3.63) is 0 Å². The van der Waals surface area contributed by atoms with Crippen LogP contribution in [0.2, 0.25) is 12.6 Å². The van der Waals surface area contributed by atoms with Crippen LogP contribution in [0.15, 0.2) is 0 Å². The third kappa shape index (κ3) is 3.43. The van der Waals surface area contributed by atoms with E-state index in [1.807, 2.05) is 13.7 Å². The zero-order chi connectivity index (χ0) is 7.65. The summed E-state index contributed by atoms with van der Waals surface area (Å²) in [6.45, 7) is 7.24. The first-order valence-electron chi connectivity index (χ1n) is 3.18. The molecule has 1 unspecified atom stereocenters. The van der Waals surface area contributed by atoms with Gasteiger partial charge in [-0.1, -0.05) is 13.7 Å². The third-order valence-corrected chi connectivity index (χ3v) is 2.85. The zero-order valence-corrected chi connectivity index (χ0v) is 8.57. The highest BCUT2D eigenvalue weighted by atomic mass is 127. The number of alkyl halides is 1. The Kier molecular flexibility index (Phi) is 3.47. The van der Waals surface area contributed by atoms with Gasteiger partial charge in [-0.25, -0.2) is 4.39 Å². The quantitative estimate of drug-likeness (QED) is 0.515. The summed E-state index contributed by atoms with van der Waals surface area (Å²) in [5.74, 6) is 0.137. The van der Waals surface area contributed by atoms with Gasteiger partial charge in [0.1, 0.15) is 5.67 Å². The third-order valence-electron chi connectivity index (χ3n) is 1.77. The lowest BCUT2D eigenvalue weighted by atomic mass is 9.61. The van der Waals surface area contributed by atoms with E-state index in [4.69, 9.17) is 0 Å². The summed E-state index contributed by atoms with van der Waals surface area (Å²) in [6.07, 6.45) is 0. The first kappa shape index (κ1) is 9.72. The molecule has 0 heterocycles. The molecule has 0 aliphatic carbocycles. The molecule has 0 spiro atoms.